The molecule has 2 heterocycles. The lowest BCUT2D eigenvalue weighted by Gasteiger charge is -2.24. The number of carbonyl (C=O) groups is 2. The first-order valence-corrected chi connectivity index (χ1v) is 24.0. The van der Waals surface area contributed by atoms with Gasteiger partial charge in [0.05, 0.1) is 40.0 Å². The summed E-state index contributed by atoms with van der Waals surface area (Å²) >= 11 is 0. The van der Waals surface area contributed by atoms with Crippen LogP contribution in [0, 0.1) is 13.8 Å². The van der Waals surface area contributed by atoms with Crippen LogP contribution in [0.3, 0.4) is 0 Å². The monoisotopic (exact) mass is 861 g/mol. The molecule has 0 aromatic carbocycles. The van der Waals surface area contributed by atoms with Crippen LogP contribution in [-0.4, -0.2) is 87.1 Å². The van der Waals surface area contributed by atoms with Crippen LogP contribution in [0.4, 0.5) is 0 Å². The first kappa shape index (κ1) is 53.1. The normalized spacial score (nSPS) is 17.5. The fourth-order valence-corrected chi connectivity index (χ4v) is 7.04. The zero-order chi connectivity index (χ0) is 44.1. The Bertz CT molecular complexity index is 1550. The Kier molecular flexibility index (Phi) is 27.3. The standard InChI is InChI=1S/C48H78NO10P/c1-8-10-25-32-45-46(59-45)33-27-22-17-15-13-11-12-14-16-18-23-28-34-47(50)54-38-42(39-56-60(52,53)55-37-36-49(5,6)7)57-48(51)35-29-24-20-19-21-26-31-44-41(4)40(3)43(58-44)30-9-2/h10,12-15,18,22-23,25,27,42,45-46H,8-9,11,16-17,19-21,24,26,28-39H2,1-7H3/p+1/b14-12-,15-13-,23-18-,25-10-,27-22-/t42-,45?,46?/m1/s1. The number of esters is 2. The van der Waals surface area contributed by atoms with Gasteiger partial charge in [0.1, 0.15) is 31.3 Å². The second kappa shape index (κ2) is 30.9. The van der Waals surface area contributed by atoms with Crippen LogP contribution >= 0.6 is 7.82 Å². The molecule has 2 rings (SSSR count). The van der Waals surface area contributed by atoms with Crippen LogP contribution in [0.5, 0.6) is 0 Å². The topological polar surface area (TPSA) is 134 Å². The molecule has 0 radical (unpaired) electrons. The van der Waals surface area contributed by atoms with E-state index < -0.39 is 32.5 Å². The largest absolute Gasteiger partial charge is 0.472 e. The number of nitrogens with zero attached hydrogens (tertiary/aromatic N) is 1. The van der Waals surface area contributed by atoms with Gasteiger partial charge in [-0.25, -0.2) is 4.57 Å². The molecule has 4 atom stereocenters. The smallest absolute Gasteiger partial charge is 0.466 e. The number of hydrogen-bond donors (Lipinski definition) is 1. The van der Waals surface area contributed by atoms with Crippen molar-refractivity contribution in [2.75, 3.05) is 47.5 Å². The molecule has 0 saturated carbocycles. The zero-order valence-corrected chi connectivity index (χ0v) is 39.0. The van der Waals surface area contributed by atoms with Gasteiger partial charge in [0.2, 0.25) is 0 Å². The minimum Gasteiger partial charge on any atom is -0.466 e. The van der Waals surface area contributed by atoms with E-state index in [9.17, 15) is 19.0 Å². The number of hydrogen-bond acceptors (Lipinski definition) is 9. The fourth-order valence-electron chi connectivity index (χ4n) is 6.30. The molecule has 1 aromatic heterocycles. The SMILES string of the molecule is CC/C=C\CC1OC1C/C=C\C/C=C\C/C=C\C/C=C\CCC(=O)OC[C@H](COP(=O)(O)OCC[N+](C)(C)C)OC(=O)CCCCCCCCc1oc(CCC)c(C)c1C. The molecule has 0 spiro atoms. The van der Waals surface area contributed by atoms with Gasteiger partial charge in [-0.3, -0.25) is 18.6 Å². The molecule has 11 nitrogen and oxygen atoms in total. The van der Waals surface area contributed by atoms with Crippen molar-refractivity contribution in [2.45, 2.75) is 162 Å². The third-order valence-corrected chi connectivity index (χ3v) is 11.1. The number of phosphoric ester groups is 1. The average molecular weight is 861 g/mol. The van der Waals surface area contributed by atoms with Crippen molar-refractivity contribution < 1.29 is 51.2 Å². The van der Waals surface area contributed by atoms with Crippen molar-refractivity contribution in [1.29, 1.82) is 0 Å². The number of epoxide rings is 1. The minimum absolute atomic E-state index is 0.00633. The van der Waals surface area contributed by atoms with Gasteiger partial charge in [-0.1, -0.05) is 100 Å². The van der Waals surface area contributed by atoms with Crippen molar-refractivity contribution in [3.63, 3.8) is 0 Å². The lowest BCUT2D eigenvalue weighted by Crippen LogP contribution is -2.37. The number of allylic oxidation sites excluding steroid dienone is 8. The van der Waals surface area contributed by atoms with Crippen molar-refractivity contribution in [1.82, 2.24) is 0 Å². The number of phosphoric acid groups is 1. The van der Waals surface area contributed by atoms with E-state index in [0.717, 1.165) is 101 Å². The molecule has 1 aliphatic heterocycles. The van der Waals surface area contributed by atoms with E-state index in [1.807, 2.05) is 33.3 Å². The summed E-state index contributed by atoms with van der Waals surface area (Å²) in [7, 11) is 1.39. The second-order valence-corrected chi connectivity index (χ2v) is 18.1. The molecule has 1 saturated heterocycles. The molecular formula is C48H79NO10P+. The maximum atomic E-state index is 12.8. The summed E-state index contributed by atoms with van der Waals surface area (Å²) in [4.78, 5) is 35.5. The summed E-state index contributed by atoms with van der Waals surface area (Å²) in [6, 6.07) is 0. The number of ether oxygens (including phenoxy) is 3. The molecule has 340 valence electrons. The van der Waals surface area contributed by atoms with Crippen molar-refractivity contribution in [3.05, 3.63) is 83.4 Å². The Hall–Kier alpha value is -3.05. The summed E-state index contributed by atoms with van der Waals surface area (Å²) < 4.78 is 46.1. The summed E-state index contributed by atoms with van der Waals surface area (Å²) in [6.07, 6.45) is 36.2. The number of rotatable bonds is 35. The first-order chi connectivity index (χ1) is 28.7. The van der Waals surface area contributed by atoms with Crippen LogP contribution in [-0.2, 0) is 50.3 Å². The van der Waals surface area contributed by atoms with E-state index in [1.165, 1.54) is 11.1 Å². The zero-order valence-electron chi connectivity index (χ0n) is 38.1. The Morgan fingerprint density at radius 1 is 0.717 bits per heavy atom. The predicted molar refractivity (Wildman–Crippen MR) is 241 cm³/mol. The van der Waals surface area contributed by atoms with Gasteiger partial charge in [-0.2, -0.15) is 0 Å². The van der Waals surface area contributed by atoms with Crippen LogP contribution in [0.2, 0.25) is 0 Å². The number of carbonyl (C=O) groups excluding carboxylic acids is 2. The molecule has 0 aliphatic carbocycles. The molecule has 3 unspecified atom stereocenters. The van der Waals surface area contributed by atoms with Crippen LogP contribution in [0.25, 0.3) is 0 Å². The fraction of sp³-hybridized carbons (Fsp3) is 0.667. The highest BCUT2D eigenvalue weighted by Gasteiger charge is 2.36. The summed E-state index contributed by atoms with van der Waals surface area (Å²) in [5, 5.41) is 0. The molecule has 1 aliphatic rings. The van der Waals surface area contributed by atoms with Crippen molar-refractivity contribution in [3.8, 4) is 0 Å². The highest BCUT2D eigenvalue weighted by molar-refractivity contribution is 7.47. The van der Waals surface area contributed by atoms with E-state index in [1.54, 1.807) is 0 Å². The average Bonchev–Trinajstić information content (AvgIpc) is 3.89. The molecule has 1 N–H and O–H groups in total. The predicted octanol–water partition coefficient (Wildman–Crippen LogP) is 11.1. The van der Waals surface area contributed by atoms with Crippen LogP contribution in [0.15, 0.2) is 65.2 Å². The van der Waals surface area contributed by atoms with Gasteiger partial charge in [-0.15, -0.1) is 0 Å². The van der Waals surface area contributed by atoms with E-state index in [0.29, 0.717) is 36.1 Å². The maximum Gasteiger partial charge on any atom is 0.472 e. The van der Waals surface area contributed by atoms with Gasteiger partial charge < -0.3 is 28.0 Å². The third kappa shape index (κ3) is 26.3. The molecule has 0 amide bonds. The number of aryl methyl sites for hydroxylation is 2. The lowest BCUT2D eigenvalue weighted by atomic mass is 10.0. The highest BCUT2D eigenvalue weighted by Crippen LogP contribution is 2.43. The van der Waals surface area contributed by atoms with E-state index in [-0.39, 0.29) is 26.1 Å². The number of unbranched alkanes of at least 4 members (excludes halogenated alkanes) is 5. The van der Waals surface area contributed by atoms with Gasteiger partial charge in [-0.05, 0) is 89.2 Å². The molecule has 12 heteroatoms. The van der Waals surface area contributed by atoms with Crippen LogP contribution in [0.1, 0.15) is 139 Å². The van der Waals surface area contributed by atoms with E-state index in [2.05, 4.69) is 76.3 Å². The molecule has 0 bridgehead atoms. The lowest BCUT2D eigenvalue weighted by molar-refractivity contribution is -0.870. The number of furan rings is 1. The Labute approximate surface area is 362 Å². The van der Waals surface area contributed by atoms with Gasteiger partial charge in [0, 0.05) is 25.7 Å². The number of quaternary nitrogens is 1. The van der Waals surface area contributed by atoms with Crippen molar-refractivity contribution in [2.24, 2.45) is 0 Å². The molecule has 1 fully saturated rings. The first-order valence-electron chi connectivity index (χ1n) is 22.5. The molecular weight excluding hydrogens is 781 g/mol. The van der Waals surface area contributed by atoms with Gasteiger partial charge in [0.25, 0.3) is 0 Å². The highest BCUT2D eigenvalue weighted by atomic mass is 31.2. The quantitative estimate of drug-likeness (QED) is 0.0175. The van der Waals surface area contributed by atoms with E-state index in [4.69, 9.17) is 27.7 Å². The Balaban J connectivity index is 1.66. The Morgan fingerprint density at radius 2 is 1.28 bits per heavy atom. The van der Waals surface area contributed by atoms with Gasteiger partial charge >= 0.3 is 19.8 Å². The third-order valence-electron chi connectivity index (χ3n) is 10.2. The summed E-state index contributed by atoms with van der Waals surface area (Å²) in [5.41, 5.74) is 2.56. The summed E-state index contributed by atoms with van der Waals surface area (Å²) in [6.45, 7) is 8.35. The maximum absolute atomic E-state index is 12.8. The Morgan fingerprint density at radius 3 is 1.90 bits per heavy atom. The second-order valence-electron chi connectivity index (χ2n) is 16.7. The number of likely N-dealkylation sites (N-methyl/N-ethyl adjacent to an activating group) is 1. The van der Waals surface area contributed by atoms with Crippen LogP contribution < -0.4 is 0 Å². The minimum atomic E-state index is -4.41. The van der Waals surface area contributed by atoms with Gasteiger partial charge in [0.15, 0.2) is 6.10 Å². The molecule has 60 heavy (non-hydrogen) atoms. The van der Waals surface area contributed by atoms with Crippen molar-refractivity contribution >= 4 is 19.8 Å². The molecule has 1 aromatic rings. The van der Waals surface area contributed by atoms with E-state index >= 15 is 0 Å². The summed E-state index contributed by atoms with van der Waals surface area (Å²) in [5.74, 6) is 1.28.